The van der Waals surface area contributed by atoms with Gasteiger partial charge in [0, 0.05) is 11.7 Å². The predicted octanol–water partition coefficient (Wildman–Crippen LogP) is 3.23. The standard InChI is InChI=1S/C15H15FN6O/c1-9(2)18-14-20-13(12-7-23-8-17-12)21-15(22-14)19-11-5-3-4-10(16)6-11/h3-9H,1-2H3,(H2,18,19,20,21,22). The summed E-state index contributed by atoms with van der Waals surface area (Å²) in [5.41, 5.74) is 1.03. The van der Waals surface area contributed by atoms with Crippen molar-refractivity contribution in [3.05, 3.63) is 42.7 Å². The van der Waals surface area contributed by atoms with Gasteiger partial charge in [0.15, 0.2) is 12.2 Å². The first-order chi connectivity index (χ1) is 11.1. The van der Waals surface area contributed by atoms with Crippen LogP contribution < -0.4 is 10.6 Å². The molecule has 0 spiro atoms. The Hall–Kier alpha value is -3.03. The molecule has 0 bridgehead atoms. The third-order valence-corrected chi connectivity index (χ3v) is 2.80. The van der Waals surface area contributed by atoms with Crippen molar-refractivity contribution in [1.82, 2.24) is 19.9 Å². The molecule has 0 aliphatic carbocycles. The molecule has 2 heterocycles. The van der Waals surface area contributed by atoms with Crippen LogP contribution in [0.4, 0.5) is 22.0 Å². The van der Waals surface area contributed by atoms with E-state index in [0.29, 0.717) is 23.2 Å². The van der Waals surface area contributed by atoms with Gasteiger partial charge in [-0.3, -0.25) is 0 Å². The number of benzene rings is 1. The van der Waals surface area contributed by atoms with Crippen LogP contribution in [0.5, 0.6) is 0 Å². The van der Waals surface area contributed by atoms with Crippen LogP contribution in [0.2, 0.25) is 0 Å². The van der Waals surface area contributed by atoms with Crippen LogP contribution in [-0.4, -0.2) is 26.0 Å². The molecule has 0 unspecified atom stereocenters. The van der Waals surface area contributed by atoms with E-state index in [1.807, 2.05) is 13.8 Å². The fraction of sp³-hybridized carbons (Fsp3) is 0.200. The van der Waals surface area contributed by atoms with Gasteiger partial charge in [-0.1, -0.05) is 6.07 Å². The lowest BCUT2D eigenvalue weighted by atomic mass is 10.3. The number of hydrogen-bond donors (Lipinski definition) is 2. The van der Waals surface area contributed by atoms with Gasteiger partial charge in [0.05, 0.1) is 0 Å². The summed E-state index contributed by atoms with van der Waals surface area (Å²) in [6, 6.07) is 6.19. The molecule has 1 aromatic carbocycles. The molecule has 2 N–H and O–H groups in total. The first-order valence-electron chi connectivity index (χ1n) is 7.04. The smallest absolute Gasteiger partial charge is 0.232 e. The maximum Gasteiger partial charge on any atom is 0.232 e. The summed E-state index contributed by atoms with van der Waals surface area (Å²) in [7, 11) is 0. The minimum Gasteiger partial charge on any atom is -0.451 e. The molecule has 0 amide bonds. The Morgan fingerprint density at radius 3 is 2.65 bits per heavy atom. The zero-order chi connectivity index (χ0) is 16.2. The molecule has 0 aliphatic rings. The molecule has 3 rings (SSSR count). The molecule has 2 aromatic heterocycles. The molecule has 8 heteroatoms. The lowest BCUT2D eigenvalue weighted by Gasteiger charge is -2.11. The van der Waals surface area contributed by atoms with Crippen LogP contribution in [0.15, 0.2) is 41.3 Å². The van der Waals surface area contributed by atoms with Crippen molar-refractivity contribution in [3.63, 3.8) is 0 Å². The number of aromatic nitrogens is 4. The SMILES string of the molecule is CC(C)Nc1nc(Nc2cccc(F)c2)nc(-c2cocn2)n1. The van der Waals surface area contributed by atoms with Crippen molar-refractivity contribution in [2.45, 2.75) is 19.9 Å². The van der Waals surface area contributed by atoms with E-state index >= 15 is 0 Å². The first-order valence-corrected chi connectivity index (χ1v) is 7.04. The van der Waals surface area contributed by atoms with Gasteiger partial charge >= 0.3 is 0 Å². The molecule has 0 saturated carbocycles. The molecule has 0 radical (unpaired) electrons. The molecule has 118 valence electrons. The van der Waals surface area contributed by atoms with E-state index in [-0.39, 0.29) is 17.8 Å². The fourth-order valence-corrected chi connectivity index (χ4v) is 1.89. The third-order valence-electron chi connectivity index (χ3n) is 2.80. The van der Waals surface area contributed by atoms with Crippen molar-refractivity contribution in [2.75, 3.05) is 10.6 Å². The van der Waals surface area contributed by atoms with Crippen molar-refractivity contribution in [2.24, 2.45) is 0 Å². The number of anilines is 3. The molecule has 7 nitrogen and oxygen atoms in total. The summed E-state index contributed by atoms with van der Waals surface area (Å²) in [4.78, 5) is 16.9. The normalized spacial score (nSPS) is 10.8. The quantitative estimate of drug-likeness (QED) is 0.747. The Balaban J connectivity index is 1.96. The second-order valence-corrected chi connectivity index (χ2v) is 5.11. The molecule has 3 aromatic rings. The van der Waals surface area contributed by atoms with Crippen molar-refractivity contribution in [1.29, 1.82) is 0 Å². The summed E-state index contributed by atoms with van der Waals surface area (Å²) in [6.45, 7) is 3.94. The molecule has 0 atom stereocenters. The van der Waals surface area contributed by atoms with Crippen LogP contribution >= 0.6 is 0 Å². The second kappa shape index (κ2) is 6.39. The van der Waals surface area contributed by atoms with E-state index in [4.69, 9.17) is 4.42 Å². The van der Waals surface area contributed by atoms with Crippen molar-refractivity contribution < 1.29 is 8.81 Å². The highest BCUT2D eigenvalue weighted by Crippen LogP contribution is 2.19. The lowest BCUT2D eigenvalue weighted by Crippen LogP contribution is -2.14. The number of halogens is 1. The molecule has 0 saturated heterocycles. The number of hydrogen-bond acceptors (Lipinski definition) is 7. The Bertz CT molecular complexity index is 790. The van der Waals surface area contributed by atoms with Crippen LogP contribution in [0, 0.1) is 5.82 Å². The Labute approximate surface area is 132 Å². The molecule has 23 heavy (non-hydrogen) atoms. The molecular formula is C15H15FN6O. The van der Waals surface area contributed by atoms with Gasteiger partial charge in [-0.2, -0.15) is 15.0 Å². The molecular weight excluding hydrogens is 299 g/mol. The fourth-order valence-electron chi connectivity index (χ4n) is 1.89. The maximum atomic E-state index is 13.3. The summed E-state index contributed by atoms with van der Waals surface area (Å²) in [6.07, 6.45) is 2.74. The van der Waals surface area contributed by atoms with E-state index in [1.54, 1.807) is 12.1 Å². The van der Waals surface area contributed by atoms with Crippen LogP contribution in [-0.2, 0) is 0 Å². The van der Waals surface area contributed by atoms with Gasteiger partial charge in [-0.05, 0) is 32.0 Å². The summed E-state index contributed by atoms with van der Waals surface area (Å²) < 4.78 is 18.3. The topological polar surface area (TPSA) is 88.8 Å². The minimum absolute atomic E-state index is 0.143. The number of oxazole rings is 1. The Morgan fingerprint density at radius 2 is 1.96 bits per heavy atom. The summed E-state index contributed by atoms with van der Waals surface area (Å²) in [5, 5.41) is 6.07. The monoisotopic (exact) mass is 314 g/mol. The zero-order valence-electron chi connectivity index (χ0n) is 12.6. The summed E-state index contributed by atoms with van der Waals surface area (Å²) in [5.74, 6) is 0.691. The lowest BCUT2D eigenvalue weighted by molar-refractivity contribution is 0.558. The predicted molar refractivity (Wildman–Crippen MR) is 83.8 cm³/mol. The van der Waals surface area contributed by atoms with Gasteiger partial charge in [-0.15, -0.1) is 0 Å². The highest BCUT2D eigenvalue weighted by Gasteiger charge is 2.12. The van der Waals surface area contributed by atoms with Crippen molar-refractivity contribution >= 4 is 17.6 Å². The average molecular weight is 314 g/mol. The van der Waals surface area contributed by atoms with E-state index in [1.165, 1.54) is 24.8 Å². The van der Waals surface area contributed by atoms with Gasteiger partial charge in [0.2, 0.25) is 11.9 Å². The zero-order valence-corrected chi connectivity index (χ0v) is 12.6. The second-order valence-electron chi connectivity index (χ2n) is 5.11. The van der Waals surface area contributed by atoms with Crippen molar-refractivity contribution in [3.8, 4) is 11.5 Å². The number of nitrogens with one attached hydrogen (secondary N) is 2. The van der Waals surface area contributed by atoms with Crippen LogP contribution in [0.1, 0.15) is 13.8 Å². The highest BCUT2D eigenvalue weighted by atomic mass is 19.1. The van der Waals surface area contributed by atoms with Gasteiger partial charge in [0.25, 0.3) is 0 Å². The molecule has 0 aliphatic heterocycles. The Kier molecular flexibility index (Phi) is 4.13. The first kappa shape index (κ1) is 14.9. The third kappa shape index (κ3) is 3.79. The van der Waals surface area contributed by atoms with E-state index < -0.39 is 0 Å². The maximum absolute atomic E-state index is 13.3. The van der Waals surface area contributed by atoms with Gasteiger partial charge in [-0.25, -0.2) is 9.37 Å². The molecule has 0 fully saturated rings. The van der Waals surface area contributed by atoms with Gasteiger partial charge in [0.1, 0.15) is 17.8 Å². The average Bonchev–Trinajstić information content (AvgIpc) is 3.00. The summed E-state index contributed by atoms with van der Waals surface area (Å²) >= 11 is 0. The number of rotatable bonds is 5. The van der Waals surface area contributed by atoms with E-state index in [2.05, 4.69) is 30.6 Å². The largest absolute Gasteiger partial charge is 0.451 e. The Morgan fingerprint density at radius 1 is 1.13 bits per heavy atom. The van der Waals surface area contributed by atoms with E-state index in [9.17, 15) is 4.39 Å². The highest BCUT2D eigenvalue weighted by molar-refractivity contribution is 5.58. The van der Waals surface area contributed by atoms with Crippen LogP contribution in [0.3, 0.4) is 0 Å². The van der Waals surface area contributed by atoms with Gasteiger partial charge < -0.3 is 15.1 Å². The number of nitrogens with zero attached hydrogens (tertiary/aromatic N) is 4. The minimum atomic E-state index is -0.346. The van der Waals surface area contributed by atoms with Crippen LogP contribution in [0.25, 0.3) is 11.5 Å². The van der Waals surface area contributed by atoms with E-state index in [0.717, 1.165) is 0 Å².